The van der Waals surface area contributed by atoms with Crippen LogP contribution in [0.2, 0.25) is 0 Å². The molecule has 0 saturated heterocycles. The lowest BCUT2D eigenvalue weighted by Gasteiger charge is -2.16. The summed E-state index contributed by atoms with van der Waals surface area (Å²) in [5.41, 5.74) is 1.58. The van der Waals surface area contributed by atoms with Crippen molar-refractivity contribution in [2.24, 2.45) is 5.14 Å². The number of hydrogen-bond donors (Lipinski definition) is 3. The molecule has 0 bridgehead atoms. The van der Waals surface area contributed by atoms with Crippen molar-refractivity contribution in [2.45, 2.75) is 61.5 Å². The number of carbonyl (C=O) groups excluding carboxylic acids is 1. The topological polar surface area (TPSA) is 136 Å². The first kappa shape index (κ1) is 20.5. The maximum atomic E-state index is 12.0. The van der Waals surface area contributed by atoms with Crippen LogP contribution in [0.1, 0.15) is 50.5 Å². The average molecular weight is 432 g/mol. The van der Waals surface area contributed by atoms with Gasteiger partial charge < -0.3 is 15.4 Å². The molecule has 30 heavy (non-hydrogen) atoms. The summed E-state index contributed by atoms with van der Waals surface area (Å²) >= 11 is 0. The van der Waals surface area contributed by atoms with Crippen LogP contribution in [-0.4, -0.2) is 36.1 Å². The zero-order valence-electron chi connectivity index (χ0n) is 16.7. The number of nitrogens with two attached hydrogens (primary N) is 1. The number of ether oxygens (including phenoxy) is 1. The van der Waals surface area contributed by atoms with Crippen LogP contribution in [0.5, 0.6) is 0 Å². The lowest BCUT2D eigenvalue weighted by atomic mass is 10.0. The Bertz CT molecular complexity index is 1020. The van der Waals surface area contributed by atoms with Crippen molar-refractivity contribution in [1.82, 2.24) is 15.3 Å². The van der Waals surface area contributed by atoms with Crippen molar-refractivity contribution < 1.29 is 17.9 Å². The van der Waals surface area contributed by atoms with Crippen LogP contribution >= 0.6 is 0 Å². The third-order valence-electron chi connectivity index (χ3n) is 5.64. The van der Waals surface area contributed by atoms with Crippen LogP contribution in [0.3, 0.4) is 0 Å². The van der Waals surface area contributed by atoms with E-state index in [1.54, 1.807) is 24.5 Å². The van der Waals surface area contributed by atoms with Gasteiger partial charge in [-0.3, -0.25) is 0 Å². The molecule has 2 aliphatic rings. The highest BCUT2D eigenvalue weighted by Gasteiger charge is 2.40. The van der Waals surface area contributed by atoms with E-state index in [0.29, 0.717) is 11.6 Å². The second-order valence-electron chi connectivity index (χ2n) is 8.26. The SMILES string of the molecule is CC1(NC(=O)O[C@@H]2CC[C@H](c3cnc(Nc4ccc(S(N)(=O)=O)cc4)nc3)C2)CC1. The number of alkyl carbamates (subject to hydrolysis) is 1. The average Bonchev–Trinajstić information content (AvgIpc) is 3.22. The normalized spacial score (nSPS) is 22.3. The van der Waals surface area contributed by atoms with E-state index in [2.05, 4.69) is 20.6 Å². The van der Waals surface area contributed by atoms with Gasteiger partial charge in [-0.1, -0.05) is 0 Å². The Morgan fingerprint density at radius 3 is 2.43 bits per heavy atom. The number of nitrogens with zero attached hydrogens (tertiary/aromatic N) is 2. The predicted molar refractivity (Wildman–Crippen MR) is 111 cm³/mol. The van der Waals surface area contributed by atoms with Crippen LogP contribution in [-0.2, 0) is 14.8 Å². The van der Waals surface area contributed by atoms with Crippen molar-refractivity contribution in [3.63, 3.8) is 0 Å². The number of hydrogen-bond acceptors (Lipinski definition) is 7. The van der Waals surface area contributed by atoms with Crippen LogP contribution in [0, 0.1) is 0 Å². The first-order chi connectivity index (χ1) is 14.2. The van der Waals surface area contributed by atoms with Gasteiger partial charge in [0.15, 0.2) is 0 Å². The van der Waals surface area contributed by atoms with Gasteiger partial charge in [0.1, 0.15) is 6.10 Å². The van der Waals surface area contributed by atoms with Gasteiger partial charge in [-0.15, -0.1) is 0 Å². The Labute approximate surface area is 175 Å². The molecule has 1 aromatic heterocycles. The second-order valence-corrected chi connectivity index (χ2v) is 9.82. The molecule has 2 aliphatic carbocycles. The largest absolute Gasteiger partial charge is 0.446 e. The van der Waals surface area contributed by atoms with Gasteiger partial charge in [-0.25, -0.2) is 28.3 Å². The summed E-state index contributed by atoms with van der Waals surface area (Å²) in [6, 6.07) is 6.04. The summed E-state index contributed by atoms with van der Waals surface area (Å²) < 4.78 is 28.2. The molecule has 0 spiro atoms. The summed E-state index contributed by atoms with van der Waals surface area (Å²) in [6.07, 6.45) is 7.63. The molecule has 10 heteroatoms. The molecule has 0 radical (unpaired) electrons. The van der Waals surface area contributed by atoms with Crippen molar-refractivity contribution in [3.8, 4) is 0 Å². The van der Waals surface area contributed by atoms with Gasteiger partial charge in [-0.05, 0) is 74.8 Å². The first-order valence-corrected chi connectivity index (χ1v) is 11.5. The van der Waals surface area contributed by atoms with Crippen LogP contribution in [0.4, 0.5) is 16.4 Å². The number of sulfonamides is 1. The molecule has 2 fully saturated rings. The third-order valence-corrected chi connectivity index (χ3v) is 6.57. The number of benzene rings is 1. The van der Waals surface area contributed by atoms with E-state index in [9.17, 15) is 13.2 Å². The lowest BCUT2D eigenvalue weighted by Crippen LogP contribution is -2.36. The molecule has 2 atom stereocenters. The second kappa shape index (κ2) is 7.84. The van der Waals surface area contributed by atoms with E-state index in [1.165, 1.54) is 12.1 Å². The molecule has 160 valence electrons. The fraction of sp³-hybridized carbons (Fsp3) is 0.450. The summed E-state index contributed by atoms with van der Waals surface area (Å²) in [5.74, 6) is 0.660. The third kappa shape index (κ3) is 5.06. The summed E-state index contributed by atoms with van der Waals surface area (Å²) in [7, 11) is -3.72. The molecule has 1 heterocycles. The minimum Gasteiger partial charge on any atom is -0.446 e. The maximum Gasteiger partial charge on any atom is 0.407 e. The van der Waals surface area contributed by atoms with Gasteiger partial charge in [0.25, 0.3) is 0 Å². The van der Waals surface area contributed by atoms with Crippen molar-refractivity contribution in [2.75, 3.05) is 5.32 Å². The highest BCUT2D eigenvalue weighted by molar-refractivity contribution is 7.89. The number of carbonyl (C=O) groups is 1. The maximum absolute atomic E-state index is 12.0. The highest BCUT2D eigenvalue weighted by Crippen LogP contribution is 2.37. The fourth-order valence-electron chi connectivity index (χ4n) is 3.56. The van der Waals surface area contributed by atoms with Gasteiger partial charge in [-0.2, -0.15) is 0 Å². The monoisotopic (exact) mass is 431 g/mol. The van der Waals surface area contributed by atoms with E-state index < -0.39 is 10.0 Å². The molecule has 9 nitrogen and oxygen atoms in total. The standard InChI is InChI=1S/C20H25N5O4S/c1-20(8-9-20)25-19(26)29-16-5-2-13(10-16)14-11-22-18(23-12-14)24-15-3-6-17(7-4-15)30(21,27)28/h3-4,6-7,11-13,16H,2,5,8-10H2,1H3,(H,25,26)(H2,21,27,28)(H,22,23,24)/t13-,16+/m0/s1. The number of rotatable bonds is 6. The first-order valence-electron chi connectivity index (χ1n) is 9.91. The van der Waals surface area contributed by atoms with Crippen molar-refractivity contribution in [1.29, 1.82) is 0 Å². The molecule has 0 aliphatic heterocycles. The van der Waals surface area contributed by atoms with Gasteiger partial charge >= 0.3 is 6.09 Å². The van der Waals surface area contributed by atoms with Gasteiger partial charge in [0.2, 0.25) is 16.0 Å². The van der Waals surface area contributed by atoms with E-state index in [4.69, 9.17) is 9.88 Å². The number of amides is 1. The van der Waals surface area contributed by atoms with E-state index >= 15 is 0 Å². The number of primary sulfonamides is 1. The Morgan fingerprint density at radius 1 is 1.17 bits per heavy atom. The molecule has 1 aromatic carbocycles. The van der Waals surface area contributed by atoms with E-state index in [0.717, 1.165) is 37.7 Å². The molecule has 2 saturated carbocycles. The van der Waals surface area contributed by atoms with E-state index in [-0.39, 0.29) is 28.5 Å². The van der Waals surface area contributed by atoms with Crippen LogP contribution < -0.4 is 15.8 Å². The summed E-state index contributed by atoms with van der Waals surface area (Å²) in [6.45, 7) is 2.02. The van der Waals surface area contributed by atoms with Gasteiger partial charge in [0.05, 0.1) is 4.90 Å². The molecule has 4 N–H and O–H groups in total. The smallest absolute Gasteiger partial charge is 0.407 e. The molecule has 0 unspecified atom stereocenters. The number of anilines is 2. The highest BCUT2D eigenvalue weighted by atomic mass is 32.2. The Kier molecular flexibility index (Phi) is 5.37. The zero-order chi connectivity index (χ0) is 21.4. The number of nitrogens with one attached hydrogen (secondary N) is 2. The molecule has 1 amide bonds. The summed E-state index contributed by atoms with van der Waals surface area (Å²) in [5, 5.41) is 11.0. The van der Waals surface area contributed by atoms with E-state index in [1.807, 2.05) is 6.92 Å². The fourth-order valence-corrected chi connectivity index (χ4v) is 4.08. The quantitative estimate of drug-likeness (QED) is 0.640. The lowest BCUT2D eigenvalue weighted by molar-refractivity contribution is 0.0967. The summed E-state index contributed by atoms with van der Waals surface area (Å²) in [4.78, 5) is 20.7. The van der Waals surface area contributed by atoms with Crippen molar-refractivity contribution >= 4 is 27.8 Å². The Morgan fingerprint density at radius 2 is 1.83 bits per heavy atom. The number of aromatic nitrogens is 2. The molecular weight excluding hydrogens is 406 g/mol. The van der Waals surface area contributed by atoms with Crippen LogP contribution in [0.15, 0.2) is 41.6 Å². The predicted octanol–water partition coefficient (Wildman–Crippen LogP) is 2.78. The molecule has 4 rings (SSSR count). The van der Waals surface area contributed by atoms with Crippen LogP contribution in [0.25, 0.3) is 0 Å². The minimum absolute atomic E-state index is 0.0437. The molecule has 2 aromatic rings. The Balaban J connectivity index is 1.31. The van der Waals surface area contributed by atoms with Gasteiger partial charge in [0, 0.05) is 23.6 Å². The van der Waals surface area contributed by atoms with Crippen molar-refractivity contribution in [3.05, 3.63) is 42.2 Å². The molecular formula is C20H25N5O4S. The Hall–Kier alpha value is -2.72. The zero-order valence-corrected chi connectivity index (χ0v) is 17.5. The minimum atomic E-state index is -3.72.